The van der Waals surface area contributed by atoms with Crippen LogP contribution in [0.5, 0.6) is 0 Å². The molecular weight excluding hydrogens is 346 g/mol. The Morgan fingerprint density at radius 1 is 1.15 bits per heavy atom. The number of rotatable bonds is 9. The first kappa shape index (κ1) is 19.1. The van der Waals surface area contributed by atoms with Gasteiger partial charge in [-0.05, 0) is 49.3 Å². The molecule has 1 aliphatic rings. The van der Waals surface area contributed by atoms with Crippen LogP contribution in [-0.2, 0) is 35.5 Å². The Kier molecular flexibility index (Phi) is 7.23. The van der Waals surface area contributed by atoms with Crippen LogP contribution in [0.25, 0.3) is 0 Å². The lowest BCUT2D eigenvalue weighted by molar-refractivity contribution is 0.0453. The minimum atomic E-state index is 0.0442. The predicted molar refractivity (Wildman–Crippen MR) is 105 cm³/mol. The van der Waals surface area contributed by atoms with Crippen LogP contribution >= 0.6 is 11.3 Å². The van der Waals surface area contributed by atoms with Gasteiger partial charge in [-0.25, -0.2) is 0 Å². The van der Waals surface area contributed by atoms with E-state index in [2.05, 4.69) is 11.4 Å². The fraction of sp³-hybridized carbons (Fsp3) is 0.476. The molecule has 0 bridgehead atoms. The van der Waals surface area contributed by atoms with Gasteiger partial charge in [0.2, 0.25) is 0 Å². The van der Waals surface area contributed by atoms with Gasteiger partial charge in [-0.2, -0.15) is 0 Å². The van der Waals surface area contributed by atoms with Crippen LogP contribution in [-0.4, -0.2) is 25.7 Å². The van der Waals surface area contributed by atoms with E-state index in [0.717, 1.165) is 29.5 Å². The van der Waals surface area contributed by atoms with Gasteiger partial charge in [0.15, 0.2) is 0 Å². The molecule has 0 saturated heterocycles. The van der Waals surface area contributed by atoms with Crippen molar-refractivity contribution < 1.29 is 14.3 Å². The van der Waals surface area contributed by atoms with Crippen LogP contribution < -0.4 is 5.32 Å². The second-order valence-corrected chi connectivity index (χ2v) is 7.47. The van der Waals surface area contributed by atoms with Gasteiger partial charge in [0, 0.05) is 23.4 Å². The number of amides is 1. The lowest BCUT2D eigenvalue weighted by Gasteiger charge is -2.13. The Morgan fingerprint density at radius 3 is 2.85 bits per heavy atom. The number of carbonyl (C=O) groups excluding carboxylic acids is 1. The van der Waals surface area contributed by atoms with E-state index in [9.17, 15) is 4.79 Å². The normalized spacial score (nSPS) is 13.4. The minimum Gasteiger partial charge on any atom is -0.379 e. The van der Waals surface area contributed by atoms with Crippen LogP contribution in [0, 0.1) is 0 Å². The summed E-state index contributed by atoms with van der Waals surface area (Å²) in [7, 11) is 0. The quantitative estimate of drug-likeness (QED) is 0.673. The lowest BCUT2D eigenvalue weighted by Crippen LogP contribution is -2.24. The zero-order valence-corrected chi connectivity index (χ0v) is 16.2. The second kappa shape index (κ2) is 9.86. The van der Waals surface area contributed by atoms with Crippen LogP contribution in [0.3, 0.4) is 0 Å². The van der Waals surface area contributed by atoms with Gasteiger partial charge in [0.1, 0.15) is 0 Å². The Labute approximate surface area is 159 Å². The molecule has 0 radical (unpaired) electrons. The molecule has 1 N–H and O–H groups in total. The highest BCUT2D eigenvalue weighted by molar-refractivity contribution is 7.10. The molecule has 5 heteroatoms. The van der Waals surface area contributed by atoms with E-state index < -0.39 is 0 Å². The molecule has 26 heavy (non-hydrogen) atoms. The first-order chi connectivity index (χ1) is 12.8. The van der Waals surface area contributed by atoms with E-state index in [1.807, 2.05) is 30.5 Å². The van der Waals surface area contributed by atoms with E-state index in [4.69, 9.17) is 9.47 Å². The van der Waals surface area contributed by atoms with E-state index in [0.29, 0.717) is 33.0 Å². The van der Waals surface area contributed by atoms with Crippen LogP contribution in [0.1, 0.15) is 51.7 Å². The standard InChI is InChI=1S/C21H27NO3S/c1-2-24-10-11-25-14-17-7-5-6-16(12-17)13-22-21(23)19-15-26-20-9-4-3-8-18(19)20/h5-7,12,15H,2-4,8-11,13-14H2,1H3,(H,22,23). The summed E-state index contributed by atoms with van der Waals surface area (Å²) >= 11 is 1.73. The monoisotopic (exact) mass is 373 g/mol. The number of ether oxygens (including phenoxy) is 2. The Morgan fingerprint density at radius 2 is 1.96 bits per heavy atom. The maximum absolute atomic E-state index is 12.6. The summed E-state index contributed by atoms with van der Waals surface area (Å²) in [6.45, 7) is 5.01. The third kappa shape index (κ3) is 5.16. The average Bonchev–Trinajstić information content (AvgIpc) is 3.10. The fourth-order valence-corrected chi connectivity index (χ4v) is 4.37. The maximum atomic E-state index is 12.6. The molecular formula is C21H27NO3S. The first-order valence-electron chi connectivity index (χ1n) is 9.38. The zero-order valence-electron chi connectivity index (χ0n) is 15.4. The Hall–Kier alpha value is -1.69. The summed E-state index contributed by atoms with van der Waals surface area (Å²) in [4.78, 5) is 14.0. The number of benzene rings is 1. The van der Waals surface area contributed by atoms with Crippen LogP contribution in [0.4, 0.5) is 0 Å². The largest absolute Gasteiger partial charge is 0.379 e. The van der Waals surface area contributed by atoms with Crippen molar-refractivity contribution >= 4 is 17.2 Å². The van der Waals surface area contributed by atoms with Gasteiger partial charge >= 0.3 is 0 Å². The van der Waals surface area contributed by atoms with Gasteiger partial charge in [0.05, 0.1) is 25.4 Å². The first-order valence-corrected chi connectivity index (χ1v) is 10.3. The van der Waals surface area contributed by atoms with Gasteiger partial charge in [-0.1, -0.05) is 24.3 Å². The van der Waals surface area contributed by atoms with Gasteiger partial charge in [-0.3, -0.25) is 4.79 Å². The maximum Gasteiger partial charge on any atom is 0.252 e. The minimum absolute atomic E-state index is 0.0442. The molecule has 2 aromatic rings. The molecule has 1 aliphatic carbocycles. The molecule has 0 fully saturated rings. The summed E-state index contributed by atoms with van der Waals surface area (Å²) < 4.78 is 10.9. The Bertz CT molecular complexity index is 726. The van der Waals surface area contributed by atoms with Crippen molar-refractivity contribution in [3.05, 3.63) is 56.8 Å². The molecule has 1 aromatic heterocycles. The zero-order chi connectivity index (χ0) is 18.2. The van der Waals surface area contributed by atoms with Crippen LogP contribution in [0.2, 0.25) is 0 Å². The topological polar surface area (TPSA) is 47.6 Å². The molecule has 0 spiro atoms. The highest BCUT2D eigenvalue weighted by atomic mass is 32.1. The number of hydrogen-bond acceptors (Lipinski definition) is 4. The number of nitrogens with one attached hydrogen (secondary N) is 1. The summed E-state index contributed by atoms with van der Waals surface area (Å²) in [5, 5.41) is 5.09. The van der Waals surface area contributed by atoms with Crippen molar-refractivity contribution in [2.75, 3.05) is 19.8 Å². The number of carbonyl (C=O) groups is 1. The summed E-state index contributed by atoms with van der Waals surface area (Å²) in [6.07, 6.45) is 4.60. The average molecular weight is 374 g/mol. The van der Waals surface area contributed by atoms with Crippen molar-refractivity contribution in [1.29, 1.82) is 0 Å². The number of thiophene rings is 1. The van der Waals surface area contributed by atoms with Crippen molar-refractivity contribution in [2.24, 2.45) is 0 Å². The van der Waals surface area contributed by atoms with Gasteiger partial charge in [0.25, 0.3) is 5.91 Å². The molecule has 0 saturated carbocycles. The number of aryl methyl sites for hydroxylation is 1. The summed E-state index contributed by atoms with van der Waals surface area (Å²) in [5.74, 6) is 0.0442. The van der Waals surface area contributed by atoms with Gasteiger partial charge < -0.3 is 14.8 Å². The summed E-state index contributed by atoms with van der Waals surface area (Å²) in [6, 6.07) is 8.17. The molecule has 1 heterocycles. The summed E-state index contributed by atoms with van der Waals surface area (Å²) in [5.41, 5.74) is 4.35. The van der Waals surface area contributed by atoms with E-state index >= 15 is 0 Å². The highest BCUT2D eigenvalue weighted by Crippen LogP contribution is 2.30. The smallest absolute Gasteiger partial charge is 0.252 e. The SMILES string of the molecule is CCOCCOCc1cccc(CNC(=O)c2csc3c2CCCC3)c1. The molecule has 1 amide bonds. The molecule has 0 aliphatic heterocycles. The van der Waals surface area contributed by atoms with Crippen molar-refractivity contribution in [3.63, 3.8) is 0 Å². The molecule has 140 valence electrons. The van der Waals surface area contributed by atoms with Crippen molar-refractivity contribution in [2.45, 2.75) is 45.8 Å². The second-order valence-electron chi connectivity index (χ2n) is 6.51. The molecule has 4 nitrogen and oxygen atoms in total. The number of fused-ring (bicyclic) bond motifs is 1. The predicted octanol–water partition coefficient (Wildman–Crippen LogP) is 4.11. The highest BCUT2D eigenvalue weighted by Gasteiger charge is 2.19. The van der Waals surface area contributed by atoms with E-state index in [-0.39, 0.29) is 5.91 Å². The van der Waals surface area contributed by atoms with E-state index in [1.54, 1.807) is 11.3 Å². The van der Waals surface area contributed by atoms with E-state index in [1.165, 1.54) is 23.3 Å². The third-order valence-corrected chi connectivity index (χ3v) is 5.68. The molecule has 0 atom stereocenters. The lowest BCUT2D eigenvalue weighted by atomic mass is 9.95. The molecule has 1 aromatic carbocycles. The third-order valence-electron chi connectivity index (χ3n) is 4.60. The van der Waals surface area contributed by atoms with Gasteiger partial charge in [-0.15, -0.1) is 11.3 Å². The fourth-order valence-electron chi connectivity index (χ4n) is 3.24. The number of hydrogen-bond donors (Lipinski definition) is 1. The van der Waals surface area contributed by atoms with Crippen molar-refractivity contribution in [3.8, 4) is 0 Å². The Balaban J connectivity index is 1.50. The molecule has 0 unspecified atom stereocenters. The van der Waals surface area contributed by atoms with Crippen LogP contribution in [0.15, 0.2) is 29.6 Å². The molecule has 3 rings (SSSR count). The van der Waals surface area contributed by atoms with Crippen molar-refractivity contribution in [1.82, 2.24) is 5.32 Å².